The summed E-state index contributed by atoms with van der Waals surface area (Å²) in [5, 5.41) is 2.65. The first kappa shape index (κ1) is 12.7. The first-order valence-corrected chi connectivity index (χ1v) is 8.13. The third-order valence-electron chi connectivity index (χ3n) is 4.95. The van der Waals surface area contributed by atoms with Crippen molar-refractivity contribution in [2.24, 2.45) is 0 Å². The van der Waals surface area contributed by atoms with E-state index in [9.17, 15) is 0 Å². The van der Waals surface area contributed by atoms with Crippen LogP contribution in [-0.2, 0) is 0 Å². The molecular formula is C22H17N. The van der Waals surface area contributed by atoms with Crippen LogP contribution in [0.1, 0.15) is 0 Å². The summed E-state index contributed by atoms with van der Waals surface area (Å²) in [5.74, 6) is 0. The van der Waals surface area contributed by atoms with E-state index in [1.54, 1.807) is 0 Å². The monoisotopic (exact) mass is 295 g/mol. The summed E-state index contributed by atoms with van der Waals surface area (Å²) in [6.45, 7) is 0. The number of hydrogen-bond acceptors (Lipinski definition) is 1. The average molecular weight is 295 g/mol. The number of hydrogen-bond donors (Lipinski definition) is 0. The quantitative estimate of drug-likeness (QED) is 0.782. The molecule has 1 nitrogen and oxygen atoms in total. The van der Waals surface area contributed by atoms with Crippen LogP contribution in [0.5, 0.6) is 0 Å². The first-order chi connectivity index (χ1) is 11.4. The molecule has 2 aromatic rings. The van der Waals surface area contributed by atoms with Gasteiger partial charge < -0.3 is 4.90 Å². The maximum absolute atomic E-state index is 2.52. The van der Waals surface area contributed by atoms with E-state index in [0.29, 0.717) is 12.1 Å². The molecule has 1 aliphatic heterocycles. The number of benzene rings is 2. The molecule has 0 spiro atoms. The van der Waals surface area contributed by atoms with Gasteiger partial charge in [0.1, 0.15) is 0 Å². The molecule has 0 radical (unpaired) electrons. The maximum Gasteiger partial charge on any atom is 0.0748 e. The molecule has 3 aliphatic rings. The fourth-order valence-electron chi connectivity index (χ4n) is 3.93. The Labute approximate surface area is 135 Å². The Kier molecular flexibility index (Phi) is 2.68. The summed E-state index contributed by atoms with van der Waals surface area (Å²) in [4.78, 5) is 2.52. The van der Waals surface area contributed by atoms with Gasteiger partial charge in [0.2, 0.25) is 0 Å². The standard InChI is InChI=1S/C22H17N/c1-2-10-18(11-3-1)23-21-13-7-6-12-19(21)20-14-16-8-4-5-9-17(16)15-22(20)23/h1-15,21-22H. The molecule has 0 saturated heterocycles. The molecule has 2 aromatic carbocycles. The van der Waals surface area contributed by atoms with Crippen LogP contribution < -0.4 is 15.3 Å². The normalized spacial score (nSPS) is 23.7. The van der Waals surface area contributed by atoms with E-state index in [2.05, 4.69) is 96.0 Å². The van der Waals surface area contributed by atoms with Gasteiger partial charge in [-0.1, -0.05) is 66.8 Å². The van der Waals surface area contributed by atoms with E-state index in [-0.39, 0.29) is 0 Å². The fraction of sp³-hybridized carbons (Fsp3) is 0.0909. The second-order valence-corrected chi connectivity index (χ2v) is 6.23. The number of rotatable bonds is 1. The highest BCUT2D eigenvalue weighted by Gasteiger charge is 2.37. The molecule has 2 aliphatic carbocycles. The van der Waals surface area contributed by atoms with Crippen molar-refractivity contribution in [3.8, 4) is 0 Å². The molecule has 0 saturated carbocycles. The number of fused-ring (bicyclic) bond motifs is 3. The van der Waals surface area contributed by atoms with Crippen molar-refractivity contribution in [2.75, 3.05) is 4.90 Å². The van der Waals surface area contributed by atoms with Gasteiger partial charge in [0, 0.05) is 5.69 Å². The molecule has 1 heteroatoms. The topological polar surface area (TPSA) is 3.24 Å². The predicted molar refractivity (Wildman–Crippen MR) is 96.4 cm³/mol. The zero-order chi connectivity index (χ0) is 15.2. The SMILES string of the molecule is C1=CC2=C3C=c4ccccc4=CC3N(c3ccccc3)C2C=C1. The van der Waals surface area contributed by atoms with Crippen LogP contribution in [0, 0.1) is 0 Å². The van der Waals surface area contributed by atoms with E-state index in [1.807, 2.05) is 0 Å². The predicted octanol–water partition coefficient (Wildman–Crippen LogP) is 2.94. The maximum atomic E-state index is 2.52. The van der Waals surface area contributed by atoms with Crippen molar-refractivity contribution in [1.29, 1.82) is 0 Å². The zero-order valence-corrected chi connectivity index (χ0v) is 12.8. The van der Waals surface area contributed by atoms with Crippen molar-refractivity contribution in [2.45, 2.75) is 12.1 Å². The smallest absolute Gasteiger partial charge is 0.0748 e. The van der Waals surface area contributed by atoms with Crippen LogP contribution in [0.4, 0.5) is 5.69 Å². The Hall–Kier alpha value is -2.80. The van der Waals surface area contributed by atoms with E-state index in [1.165, 1.54) is 27.3 Å². The Morgan fingerprint density at radius 1 is 0.696 bits per heavy atom. The van der Waals surface area contributed by atoms with Gasteiger partial charge in [-0.3, -0.25) is 0 Å². The minimum atomic E-state index is 0.305. The average Bonchev–Trinajstić information content (AvgIpc) is 2.94. The molecule has 0 bridgehead atoms. The summed E-state index contributed by atoms with van der Waals surface area (Å²) >= 11 is 0. The Bertz CT molecular complexity index is 976. The molecule has 0 fully saturated rings. The summed E-state index contributed by atoms with van der Waals surface area (Å²) < 4.78 is 0. The van der Waals surface area contributed by atoms with E-state index in [0.717, 1.165) is 0 Å². The van der Waals surface area contributed by atoms with Gasteiger partial charge in [-0.25, -0.2) is 0 Å². The van der Waals surface area contributed by atoms with E-state index >= 15 is 0 Å². The van der Waals surface area contributed by atoms with Gasteiger partial charge in [-0.05, 0) is 45.9 Å². The van der Waals surface area contributed by atoms with E-state index < -0.39 is 0 Å². The van der Waals surface area contributed by atoms with Crippen molar-refractivity contribution < 1.29 is 0 Å². The van der Waals surface area contributed by atoms with Crippen molar-refractivity contribution in [3.63, 3.8) is 0 Å². The van der Waals surface area contributed by atoms with Crippen LogP contribution in [0.25, 0.3) is 12.2 Å². The molecule has 5 rings (SSSR count). The van der Waals surface area contributed by atoms with Gasteiger partial charge in [0.15, 0.2) is 0 Å². The largest absolute Gasteiger partial charge is 0.350 e. The number of nitrogens with zero attached hydrogens (tertiary/aromatic N) is 1. The fourth-order valence-corrected chi connectivity index (χ4v) is 3.93. The van der Waals surface area contributed by atoms with Gasteiger partial charge in [0.25, 0.3) is 0 Å². The van der Waals surface area contributed by atoms with Crippen LogP contribution in [-0.4, -0.2) is 12.1 Å². The highest BCUT2D eigenvalue weighted by molar-refractivity contribution is 5.77. The summed E-state index contributed by atoms with van der Waals surface area (Å²) in [6.07, 6.45) is 13.7. The number of allylic oxidation sites excluding steroid dienone is 2. The van der Waals surface area contributed by atoms with Crippen molar-refractivity contribution >= 4 is 17.8 Å². The number of anilines is 1. The summed E-state index contributed by atoms with van der Waals surface area (Å²) in [6, 6.07) is 20.0. The third kappa shape index (κ3) is 1.86. The minimum Gasteiger partial charge on any atom is -0.350 e. The molecule has 1 heterocycles. The van der Waals surface area contributed by atoms with Crippen LogP contribution in [0.2, 0.25) is 0 Å². The molecular weight excluding hydrogens is 278 g/mol. The lowest BCUT2D eigenvalue weighted by atomic mass is 9.94. The summed E-state index contributed by atoms with van der Waals surface area (Å²) in [5.41, 5.74) is 4.13. The Morgan fingerprint density at radius 2 is 1.48 bits per heavy atom. The Balaban J connectivity index is 1.76. The van der Waals surface area contributed by atoms with Crippen molar-refractivity contribution in [3.05, 3.63) is 100 Å². The molecule has 23 heavy (non-hydrogen) atoms. The minimum absolute atomic E-state index is 0.305. The second-order valence-electron chi connectivity index (χ2n) is 6.23. The molecule has 110 valence electrons. The van der Waals surface area contributed by atoms with Crippen molar-refractivity contribution in [1.82, 2.24) is 0 Å². The van der Waals surface area contributed by atoms with Gasteiger partial charge in [-0.2, -0.15) is 0 Å². The van der Waals surface area contributed by atoms with Crippen LogP contribution in [0.3, 0.4) is 0 Å². The molecule has 0 N–H and O–H groups in total. The third-order valence-corrected chi connectivity index (χ3v) is 4.95. The number of para-hydroxylation sites is 1. The van der Waals surface area contributed by atoms with Gasteiger partial charge in [0.05, 0.1) is 12.1 Å². The molecule has 0 aromatic heterocycles. The lowest BCUT2D eigenvalue weighted by Gasteiger charge is -2.32. The van der Waals surface area contributed by atoms with Crippen LogP contribution in [0.15, 0.2) is 90.0 Å². The highest BCUT2D eigenvalue weighted by Crippen LogP contribution is 2.39. The lowest BCUT2D eigenvalue weighted by Crippen LogP contribution is -2.41. The van der Waals surface area contributed by atoms with Gasteiger partial charge in [-0.15, -0.1) is 0 Å². The Morgan fingerprint density at radius 3 is 2.35 bits per heavy atom. The van der Waals surface area contributed by atoms with Gasteiger partial charge >= 0.3 is 0 Å². The summed E-state index contributed by atoms with van der Waals surface area (Å²) in [7, 11) is 0. The molecule has 2 atom stereocenters. The second kappa shape index (κ2) is 4.85. The van der Waals surface area contributed by atoms with Crippen LogP contribution >= 0.6 is 0 Å². The molecule has 2 unspecified atom stereocenters. The van der Waals surface area contributed by atoms with E-state index in [4.69, 9.17) is 0 Å². The lowest BCUT2D eigenvalue weighted by molar-refractivity contribution is 0.811. The first-order valence-electron chi connectivity index (χ1n) is 8.13. The highest BCUT2D eigenvalue weighted by atomic mass is 15.2. The molecule has 0 amide bonds. The zero-order valence-electron chi connectivity index (χ0n) is 12.8.